The Morgan fingerprint density at radius 3 is 2.81 bits per heavy atom. The Hall–Kier alpha value is -1.82. The molecule has 0 aromatic heterocycles. The standard InChI is InChI=1S/C15H16BrNO4/c1-9(15(20)17-11-3-4-11)21-12-5-6-13(16)10(8-12)2-7-14(18)19/h2,5-9,11H,3-4H2,1H3,(H,17,20)(H,18,19)/b7-2+. The molecule has 0 radical (unpaired) electrons. The van der Waals surface area contributed by atoms with E-state index in [4.69, 9.17) is 9.84 Å². The van der Waals surface area contributed by atoms with Gasteiger partial charge >= 0.3 is 5.97 Å². The fourth-order valence-electron chi connectivity index (χ4n) is 1.69. The summed E-state index contributed by atoms with van der Waals surface area (Å²) < 4.78 is 6.35. The quantitative estimate of drug-likeness (QED) is 0.770. The molecule has 0 heterocycles. The summed E-state index contributed by atoms with van der Waals surface area (Å²) >= 11 is 3.34. The largest absolute Gasteiger partial charge is 0.481 e. The Kier molecular flexibility index (Phi) is 5.01. The average Bonchev–Trinajstić information content (AvgIpc) is 3.23. The molecule has 1 amide bonds. The summed E-state index contributed by atoms with van der Waals surface area (Å²) in [6, 6.07) is 5.46. The molecule has 2 rings (SSSR count). The van der Waals surface area contributed by atoms with Crippen LogP contribution < -0.4 is 10.1 Å². The summed E-state index contributed by atoms with van der Waals surface area (Å²) in [4.78, 5) is 22.4. The predicted octanol–water partition coefficient (Wildman–Crippen LogP) is 2.59. The number of rotatable bonds is 6. The van der Waals surface area contributed by atoms with Gasteiger partial charge in [0.2, 0.25) is 0 Å². The smallest absolute Gasteiger partial charge is 0.328 e. The molecule has 1 fully saturated rings. The van der Waals surface area contributed by atoms with Crippen molar-refractivity contribution in [2.24, 2.45) is 0 Å². The number of aliphatic carboxylic acids is 1. The van der Waals surface area contributed by atoms with E-state index in [2.05, 4.69) is 21.2 Å². The first kappa shape index (κ1) is 15.6. The van der Waals surface area contributed by atoms with Crippen LogP contribution in [0.25, 0.3) is 6.08 Å². The van der Waals surface area contributed by atoms with E-state index < -0.39 is 12.1 Å². The van der Waals surface area contributed by atoms with E-state index in [1.165, 1.54) is 6.08 Å². The van der Waals surface area contributed by atoms with Crippen molar-refractivity contribution in [1.82, 2.24) is 5.32 Å². The number of carboxylic acids is 1. The zero-order valence-electron chi connectivity index (χ0n) is 11.5. The number of carbonyl (C=O) groups is 2. The Balaban J connectivity index is 2.03. The first-order valence-electron chi connectivity index (χ1n) is 6.63. The van der Waals surface area contributed by atoms with Gasteiger partial charge in [-0.2, -0.15) is 0 Å². The molecule has 0 aliphatic heterocycles. The molecule has 112 valence electrons. The first-order chi connectivity index (χ1) is 9.95. The van der Waals surface area contributed by atoms with Gasteiger partial charge in [0.1, 0.15) is 5.75 Å². The van der Waals surface area contributed by atoms with E-state index in [0.29, 0.717) is 17.4 Å². The summed E-state index contributed by atoms with van der Waals surface area (Å²) in [5, 5.41) is 11.5. The number of amides is 1. The molecule has 0 spiro atoms. The van der Waals surface area contributed by atoms with Crippen LogP contribution in [0.4, 0.5) is 0 Å². The molecule has 1 aliphatic carbocycles. The van der Waals surface area contributed by atoms with Crippen molar-refractivity contribution >= 4 is 33.9 Å². The maximum Gasteiger partial charge on any atom is 0.328 e. The van der Waals surface area contributed by atoms with E-state index in [1.54, 1.807) is 25.1 Å². The van der Waals surface area contributed by atoms with Crippen molar-refractivity contribution in [3.8, 4) is 5.75 Å². The van der Waals surface area contributed by atoms with Crippen molar-refractivity contribution in [2.45, 2.75) is 31.9 Å². The minimum Gasteiger partial charge on any atom is -0.481 e. The number of carboxylic acid groups (broad SMARTS) is 1. The summed E-state index contributed by atoms with van der Waals surface area (Å²) in [6.45, 7) is 1.69. The van der Waals surface area contributed by atoms with Crippen LogP contribution in [0.5, 0.6) is 5.75 Å². The van der Waals surface area contributed by atoms with Crippen molar-refractivity contribution in [1.29, 1.82) is 0 Å². The molecule has 6 heteroatoms. The molecule has 1 aromatic carbocycles. The number of benzene rings is 1. The second-order valence-electron chi connectivity index (χ2n) is 4.90. The Bertz CT molecular complexity index is 581. The van der Waals surface area contributed by atoms with Gasteiger partial charge in [-0.25, -0.2) is 4.79 Å². The molecule has 1 aliphatic rings. The molecule has 2 N–H and O–H groups in total. The molecule has 0 bridgehead atoms. The van der Waals surface area contributed by atoms with Crippen molar-refractivity contribution < 1.29 is 19.4 Å². The van der Waals surface area contributed by atoms with Crippen LogP contribution >= 0.6 is 15.9 Å². The summed E-state index contributed by atoms with van der Waals surface area (Å²) in [7, 11) is 0. The number of ether oxygens (including phenoxy) is 1. The molecule has 1 atom stereocenters. The second-order valence-corrected chi connectivity index (χ2v) is 5.75. The average molecular weight is 354 g/mol. The van der Waals surface area contributed by atoms with Gasteiger partial charge in [-0.15, -0.1) is 0 Å². The normalized spacial score (nSPS) is 15.7. The predicted molar refractivity (Wildman–Crippen MR) is 82.1 cm³/mol. The maximum absolute atomic E-state index is 11.8. The number of hydrogen-bond acceptors (Lipinski definition) is 3. The van der Waals surface area contributed by atoms with Crippen LogP contribution in [-0.2, 0) is 9.59 Å². The third-order valence-corrected chi connectivity index (χ3v) is 3.70. The molecule has 1 saturated carbocycles. The molecular formula is C15H16BrNO4. The highest BCUT2D eigenvalue weighted by molar-refractivity contribution is 9.10. The molecule has 5 nitrogen and oxygen atoms in total. The van der Waals surface area contributed by atoms with Crippen LogP contribution in [0.3, 0.4) is 0 Å². The highest BCUT2D eigenvalue weighted by atomic mass is 79.9. The minimum atomic E-state index is -1.02. The Labute approximate surface area is 131 Å². The monoisotopic (exact) mass is 353 g/mol. The van der Waals surface area contributed by atoms with Crippen molar-refractivity contribution in [3.05, 3.63) is 34.3 Å². The van der Waals surface area contributed by atoms with Gasteiger partial charge in [0.15, 0.2) is 6.10 Å². The van der Waals surface area contributed by atoms with E-state index >= 15 is 0 Å². The molecule has 21 heavy (non-hydrogen) atoms. The SMILES string of the molecule is CC(Oc1ccc(Br)c(/C=C/C(=O)O)c1)C(=O)NC1CC1. The fraction of sp³-hybridized carbons (Fsp3) is 0.333. The van der Waals surface area contributed by atoms with Gasteiger partial charge in [0.05, 0.1) is 0 Å². The van der Waals surface area contributed by atoms with Gasteiger partial charge in [-0.3, -0.25) is 4.79 Å². The highest BCUT2D eigenvalue weighted by Crippen LogP contribution is 2.25. The lowest BCUT2D eigenvalue weighted by Crippen LogP contribution is -2.37. The van der Waals surface area contributed by atoms with Gasteiger partial charge in [0.25, 0.3) is 5.91 Å². The van der Waals surface area contributed by atoms with Gasteiger partial charge in [0, 0.05) is 16.6 Å². The zero-order valence-corrected chi connectivity index (χ0v) is 13.1. The van der Waals surface area contributed by atoms with E-state index in [0.717, 1.165) is 23.4 Å². The number of hydrogen-bond donors (Lipinski definition) is 2. The van der Waals surface area contributed by atoms with Crippen molar-refractivity contribution in [2.75, 3.05) is 0 Å². The third kappa shape index (κ3) is 4.90. The number of nitrogens with one attached hydrogen (secondary N) is 1. The fourth-order valence-corrected chi connectivity index (χ4v) is 2.07. The molecule has 1 aromatic rings. The topological polar surface area (TPSA) is 75.6 Å². The summed E-state index contributed by atoms with van der Waals surface area (Å²) in [6.07, 6.45) is 3.98. The van der Waals surface area contributed by atoms with Crippen molar-refractivity contribution in [3.63, 3.8) is 0 Å². The zero-order chi connectivity index (χ0) is 15.4. The summed E-state index contributed by atoms with van der Waals surface area (Å²) in [5.41, 5.74) is 0.671. The van der Waals surface area contributed by atoms with E-state index in [-0.39, 0.29) is 5.91 Å². The Morgan fingerprint density at radius 2 is 2.19 bits per heavy atom. The van der Waals surface area contributed by atoms with E-state index in [9.17, 15) is 9.59 Å². The Morgan fingerprint density at radius 1 is 1.48 bits per heavy atom. The minimum absolute atomic E-state index is 0.136. The summed E-state index contributed by atoms with van der Waals surface area (Å²) in [5.74, 6) is -0.643. The van der Waals surface area contributed by atoms with Gasteiger partial charge < -0.3 is 15.2 Å². The van der Waals surface area contributed by atoms with Crippen LogP contribution in [0.2, 0.25) is 0 Å². The lowest BCUT2D eigenvalue weighted by molar-refractivity contribution is -0.131. The molecule has 0 saturated heterocycles. The molecule has 1 unspecified atom stereocenters. The third-order valence-electron chi connectivity index (χ3n) is 2.98. The van der Waals surface area contributed by atoms with E-state index in [1.807, 2.05) is 0 Å². The lowest BCUT2D eigenvalue weighted by atomic mass is 10.2. The first-order valence-corrected chi connectivity index (χ1v) is 7.42. The molecular weight excluding hydrogens is 338 g/mol. The second kappa shape index (κ2) is 6.76. The maximum atomic E-state index is 11.8. The van der Waals surface area contributed by atoms with Gasteiger partial charge in [-0.1, -0.05) is 15.9 Å². The van der Waals surface area contributed by atoms with Gasteiger partial charge in [-0.05, 0) is 49.6 Å². The highest BCUT2D eigenvalue weighted by Gasteiger charge is 2.26. The van der Waals surface area contributed by atoms with Crippen LogP contribution in [0, 0.1) is 0 Å². The number of halogens is 1. The van der Waals surface area contributed by atoms with Crippen LogP contribution in [0.1, 0.15) is 25.3 Å². The van der Waals surface area contributed by atoms with Crippen LogP contribution in [-0.4, -0.2) is 29.1 Å². The number of carbonyl (C=O) groups excluding carboxylic acids is 1. The lowest BCUT2D eigenvalue weighted by Gasteiger charge is -2.15. The van der Waals surface area contributed by atoms with Crippen LogP contribution in [0.15, 0.2) is 28.7 Å².